The highest BCUT2D eigenvalue weighted by Crippen LogP contribution is 2.34. The Labute approximate surface area is 117 Å². The van der Waals surface area contributed by atoms with Crippen molar-refractivity contribution in [1.29, 1.82) is 0 Å². The summed E-state index contributed by atoms with van der Waals surface area (Å²) in [5.41, 5.74) is 6.94. The summed E-state index contributed by atoms with van der Waals surface area (Å²) in [5.74, 6) is 0.631. The van der Waals surface area contributed by atoms with E-state index in [1.54, 1.807) is 23.5 Å². The van der Waals surface area contributed by atoms with Gasteiger partial charge in [-0.1, -0.05) is 13.0 Å². The van der Waals surface area contributed by atoms with E-state index in [-0.39, 0.29) is 5.82 Å². The van der Waals surface area contributed by atoms with Crippen LogP contribution < -0.4 is 5.73 Å². The van der Waals surface area contributed by atoms with E-state index in [0.717, 1.165) is 46.1 Å². The molecule has 0 saturated carbocycles. The van der Waals surface area contributed by atoms with Gasteiger partial charge in [0.2, 0.25) is 0 Å². The number of thiophene rings is 1. The van der Waals surface area contributed by atoms with Gasteiger partial charge in [0, 0.05) is 34.6 Å². The lowest BCUT2D eigenvalue weighted by molar-refractivity contribution is 0.321. The van der Waals surface area contributed by atoms with Crippen molar-refractivity contribution in [3.8, 4) is 0 Å². The molecule has 3 rings (SSSR count). The van der Waals surface area contributed by atoms with Gasteiger partial charge in [-0.05, 0) is 36.6 Å². The lowest BCUT2D eigenvalue weighted by Crippen LogP contribution is -2.20. The molecule has 19 heavy (non-hydrogen) atoms. The van der Waals surface area contributed by atoms with E-state index in [1.165, 1.54) is 6.42 Å². The zero-order valence-corrected chi connectivity index (χ0v) is 12.0. The van der Waals surface area contributed by atoms with E-state index in [2.05, 4.69) is 11.8 Å². The van der Waals surface area contributed by atoms with Gasteiger partial charge in [0.15, 0.2) is 0 Å². The van der Waals surface area contributed by atoms with Gasteiger partial charge in [-0.15, -0.1) is 11.3 Å². The van der Waals surface area contributed by atoms with Crippen LogP contribution >= 0.6 is 11.3 Å². The molecule has 0 aliphatic carbocycles. The van der Waals surface area contributed by atoms with Gasteiger partial charge in [-0.3, -0.25) is 4.90 Å². The predicted octanol–water partition coefficient (Wildman–Crippen LogP) is 3.34. The normalized spacial score (nSPS) is 20.5. The third-order valence-corrected chi connectivity index (χ3v) is 5.14. The Kier molecular flexibility index (Phi) is 3.56. The summed E-state index contributed by atoms with van der Waals surface area (Å²) < 4.78 is 15.1. The van der Waals surface area contributed by atoms with Gasteiger partial charge in [-0.2, -0.15) is 0 Å². The number of likely N-dealkylation sites (tertiary alicyclic amines) is 1. The highest BCUT2D eigenvalue weighted by atomic mass is 32.1. The first-order chi connectivity index (χ1) is 9.19. The van der Waals surface area contributed by atoms with Crippen LogP contribution in [0.1, 0.15) is 23.8 Å². The number of fused-ring (bicyclic) bond motifs is 1. The Hall–Kier alpha value is -0.970. The number of rotatable bonds is 3. The van der Waals surface area contributed by atoms with Crippen LogP contribution in [-0.2, 0) is 13.1 Å². The van der Waals surface area contributed by atoms with Gasteiger partial charge in [0.25, 0.3) is 0 Å². The van der Waals surface area contributed by atoms with Crippen molar-refractivity contribution in [1.82, 2.24) is 4.90 Å². The summed E-state index contributed by atoms with van der Waals surface area (Å²) in [4.78, 5) is 3.54. The van der Waals surface area contributed by atoms with Crippen LogP contribution in [0, 0.1) is 11.7 Å². The smallest absolute Gasteiger partial charge is 0.132 e. The second kappa shape index (κ2) is 5.19. The molecule has 1 saturated heterocycles. The number of hydrogen-bond donors (Lipinski definition) is 1. The molecule has 1 atom stereocenters. The molecule has 2 N–H and O–H groups in total. The first-order valence-electron chi connectivity index (χ1n) is 6.80. The van der Waals surface area contributed by atoms with Crippen LogP contribution in [0.3, 0.4) is 0 Å². The Morgan fingerprint density at radius 1 is 1.47 bits per heavy atom. The minimum Gasteiger partial charge on any atom is -0.326 e. The standard InChI is InChI=1S/C15H19FN2S/c1-10-5-6-18(8-10)9-11-14(7-17)19-13-4-2-3-12(16)15(11)13/h2-4,10H,5-9,17H2,1H3. The number of nitrogens with two attached hydrogens (primary N) is 1. The average Bonchev–Trinajstić information content (AvgIpc) is 2.95. The molecule has 0 spiro atoms. The summed E-state index contributed by atoms with van der Waals surface area (Å²) in [7, 11) is 0. The number of nitrogens with zero attached hydrogens (tertiary/aromatic N) is 1. The fourth-order valence-corrected chi connectivity index (χ4v) is 4.05. The van der Waals surface area contributed by atoms with E-state index in [0.29, 0.717) is 6.54 Å². The molecule has 2 nitrogen and oxygen atoms in total. The van der Waals surface area contributed by atoms with Crippen molar-refractivity contribution in [3.63, 3.8) is 0 Å². The molecular weight excluding hydrogens is 259 g/mol. The molecule has 1 aliphatic rings. The van der Waals surface area contributed by atoms with Crippen molar-refractivity contribution < 1.29 is 4.39 Å². The van der Waals surface area contributed by atoms with Gasteiger partial charge >= 0.3 is 0 Å². The van der Waals surface area contributed by atoms with Crippen LogP contribution in [0.15, 0.2) is 18.2 Å². The van der Waals surface area contributed by atoms with E-state index >= 15 is 0 Å². The summed E-state index contributed by atoms with van der Waals surface area (Å²) in [6.07, 6.45) is 1.24. The minimum absolute atomic E-state index is 0.115. The van der Waals surface area contributed by atoms with Crippen LogP contribution in [-0.4, -0.2) is 18.0 Å². The maximum atomic E-state index is 14.1. The fourth-order valence-electron chi connectivity index (χ4n) is 2.94. The molecule has 2 heterocycles. The van der Waals surface area contributed by atoms with Gasteiger partial charge < -0.3 is 5.73 Å². The molecule has 4 heteroatoms. The fraction of sp³-hybridized carbons (Fsp3) is 0.467. The highest BCUT2D eigenvalue weighted by Gasteiger charge is 2.22. The molecule has 1 aliphatic heterocycles. The van der Waals surface area contributed by atoms with Crippen molar-refractivity contribution in [3.05, 3.63) is 34.5 Å². The van der Waals surface area contributed by atoms with Crippen LogP contribution in [0.25, 0.3) is 10.1 Å². The van der Waals surface area contributed by atoms with Gasteiger partial charge in [0.1, 0.15) is 5.82 Å². The van der Waals surface area contributed by atoms with Crippen LogP contribution in [0.5, 0.6) is 0 Å². The molecule has 0 bridgehead atoms. The SMILES string of the molecule is CC1CCN(Cc2c(CN)sc3cccc(F)c23)C1. The second-order valence-corrected chi connectivity index (χ2v) is 6.59. The number of benzene rings is 1. The van der Waals surface area contributed by atoms with E-state index in [1.807, 2.05) is 6.07 Å². The zero-order chi connectivity index (χ0) is 13.4. The number of halogens is 1. The molecule has 2 aromatic rings. The molecule has 1 aromatic heterocycles. The summed E-state index contributed by atoms with van der Waals surface area (Å²) in [6.45, 7) is 5.82. The maximum Gasteiger partial charge on any atom is 0.132 e. The lowest BCUT2D eigenvalue weighted by atomic mass is 10.1. The summed E-state index contributed by atoms with van der Waals surface area (Å²) >= 11 is 1.63. The Morgan fingerprint density at radius 3 is 3.00 bits per heavy atom. The first kappa shape index (κ1) is 13.0. The van der Waals surface area contributed by atoms with E-state index in [9.17, 15) is 4.39 Å². The zero-order valence-electron chi connectivity index (χ0n) is 11.2. The van der Waals surface area contributed by atoms with Gasteiger partial charge in [0.05, 0.1) is 0 Å². The van der Waals surface area contributed by atoms with Crippen molar-refractivity contribution in [2.75, 3.05) is 13.1 Å². The first-order valence-corrected chi connectivity index (χ1v) is 7.62. The molecule has 0 amide bonds. The maximum absolute atomic E-state index is 14.1. The van der Waals surface area contributed by atoms with Crippen molar-refractivity contribution in [2.24, 2.45) is 11.7 Å². The molecular formula is C15H19FN2S. The molecule has 1 fully saturated rings. The van der Waals surface area contributed by atoms with Crippen LogP contribution in [0.4, 0.5) is 4.39 Å². The third kappa shape index (κ3) is 2.40. The molecule has 1 unspecified atom stereocenters. The molecule has 1 aromatic carbocycles. The average molecular weight is 278 g/mol. The second-order valence-electron chi connectivity index (χ2n) is 5.45. The summed E-state index contributed by atoms with van der Waals surface area (Å²) in [5, 5.41) is 0.785. The Morgan fingerprint density at radius 2 is 2.32 bits per heavy atom. The predicted molar refractivity (Wildman–Crippen MR) is 78.7 cm³/mol. The number of hydrogen-bond acceptors (Lipinski definition) is 3. The van der Waals surface area contributed by atoms with E-state index in [4.69, 9.17) is 5.73 Å². The summed E-state index contributed by atoms with van der Waals surface area (Å²) in [6, 6.07) is 5.31. The van der Waals surface area contributed by atoms with Gasteiger partial charge in [-0.25, -0.2) is 4.39 Å². The molecule has 102 valence electrons. The van der Waals surface area contributed by atoms with E-state index < -0.39 is 0 Å². The minimum atomic E-state index is -0.115. The van der Waals surface area contributed by atoms with Crippen molar-refractivity contribution in [2.45, 2.75) is 26.4 Å². The lowest BCUT2D eigenvalue weighted by Gasteiger charge is -2.16. The quantitative estimate of drug-likeness (QED) is 0.933. The topological polar surface area (TPSA) is 29.3 Å². The highest BCUT2D eigenvalue weighted by molar-refractivity contribution is 7.19. The van der Waals surface area contributed by atoms with Crippen LogP contribution in [0.2, 0.25) is 0 Å². The Bertz CT molecular complexity index is 593. The molecule has 0 radical (unpaired) electrons. The van der Waals surface area contributed by atoms with Crippen molar-refractivity contribution >= 4 is 21.4 Å². The Balaban J connectivity index is 2.00. The third-order valence-electron chi connectivity index (χ3n) is 3.92. The largest absolute Gasteiger partial charge is 0.326 e. The monoisotopic (exact) mass is 278 g/mol.